The molecule has 150 valence electrons. The van der Waals surface area contributed by atoms with E-state index in [0.29, 0.717) is 11.3 Å². The van der Waals surface area contributed by atoms with Crippen LogP contribution >= 0.6 is 0 Å². The molecule has 4 rings (SSSR count). The van der Waals surface area contributed by atoms with Gasteiger partial charge in [0, 0.05) is 24.8 Å². The van der Waals surface area contributed by atoms with Gasteiger partial charge in [-0.3, -0.25) is 0 Å². The first-order chi connectivity index (χ1) is 13.2. The van der Waals surface area contributed by atoms with Crippen molar-refractivity contribution >= 4 is 5.69 Å². The van der Waals surface area contributed by atoms with Gasteiger partial charge >= 0.3 is 0 Å². The minimum Gasteiger partial charge on any atom is -0.371 e. The fraction of sp³-hybridized carbons (Fsp3) is 0.750. The number of anilines is 1. The van der Waals surface area contributed by atoms with Gasteiger partial charge in [-0.1, -0.05) is 25.5 Å². The Bertz CT molecular complexity index is 574. The van der Waals surface area contributed by atoms with Crippen molar-refractivity contribution in [2.45, 2.75) is 70.8 Å². The predicted octanol–water partition coefficient (Wildman–Crippen LogP) is 4.45. The van der Waals surface area contributed by atoms with Crippen molar-refractivity contribution in [2.75, 3.05) is 37.6 Å². The SMILES string of the molecule is CC(CN)CCc1ccc(N2CCC3(CC2)CCN(C2CCC2)CC3)cc1. The largest absolute Gasteiger partial charge is 0.371 e. The molecule has 3 heteroatoms. The first kappa shape index (κ1) is 19.3. The van der Waals surface area contributed by atoms with Crippen molar-refractivity contribution in [3.63, 3.8) is 0 Å². The van der Waals surface area contributed by atoms with Gasteiger partial charge in [0.2, 0.25) is 0 Å². The van der Waals surface area contributed by atoms with Crippen LogP contribution in [0.15, 0.2) is 24.3 Å². The monoisotopic (exact) mass is 369 g/mol. The van der Waals surface area contributed by atoms with Crippen LogP contribution in [0.25, 0.3) is 0 Å². The minimum absolute atomic E-state index is 0.624. The van der Waals surface area contributed by atoms with Gasteiger partial charge in [-0.15, -0.1) is 0 Å². The second-order valence-corrected chi connectivity index (χ2v) is 9.65. The van der Waals surface area contributed by atoms with E-state index >= 15 is 0 Å². The van der Waals surface area contributed by atoms with E-state index in [9.17, 15) is 0 Å². The summed E-state index contributed by atoms with van der Waals surface area (Å²) in [5, 5.41) is 0. The highest BCUT2D eigenvalue weighted by Gasteiger charge is 2.39. The predicted molar refractivity (Wildman–Crippen MR) is 115 cm³/mol. The third-order valence-corrected chi connectivity index (χ3v) is 7.90. The third-order valence-electron chi connectivity index (χ3n) is 7.90. The Morgan fingerprint density at radius 1 is 1.00 bits per heavy atom. The minimum atomic E-state index is 0.624. The van der Waals surface area contributed by atoms with Gasteiger partial charge in [-0.2, -0.15) is 0 Å². The lowest BCUT2D eigenvalue weighted by atomic mass is 9.70. The number of likely N-dealkylation sites (tertiary alicyclic amines) is 1. The number of hydrogen-bond donors (Lipinski definition) is 1. The first-order valence-electron chi connectivity index (χ1n) is 11.5. The second kappa shape index (κ2) is 8.53. The van der Waals surface area contributed by atoms with Crippen molar-refractivity contribution in [3.05, 3.63) is 29.8 Å². The van der Waals surface area contributed by atoms with E-state index in [-0.39, 0.29) is 0 Å². The molecule has 1 unspecified atom stereocenters. The number of rotatable bonds is 6. The number of aryl methyl sites for hydroxylation is 1. The van der Waals surface area contributed by atoms with Crippen molar-refractivity contribution in [2.24, 2.45) is 17.1 Å². The first-order valence-corrected chi connectivity index (χ1v) is 11.5. The Kier molecular flexibility index (Phi) is 6.08. The third kappa shape index (κ3) is 4.51. The zero-order chi connectivity index (χ0) is 18.7. The van der Waals surface area contributed by atoms with E-state index in [2.05, 4.69) is 41.0 Å². The highest BCUT2D eigenvalue weighted by molar-refractivity contribution is 5.48. The number of nitrogens with two attached hydrogens (primary N) is 1. The molecular formula is C24H39N3. The van der Waals surface area contributed by atoms with E-state index in [1.54, 1.807) is 0 Å². The summed E-state index contributed by atoms with van der Waals surface area (Å²) >= 11 is 0. The maximum atomic E-state index is 5.74. The molecule has 2 heterocycles. The molecule has 0 amide bonds. The lowest BCUT2D eigenvalue weighted by Gasteiger charge is -2.50. The average Bonchev–Trinajstić information content (AvgIpc) is 2.68. The van der Waals surface area contributed by atoms with Crippen LogP contribution in [0.1, 0.15) is 63.9 Å². The topological polar surface area (TPSA) is 32.5 Å². The summed E-state index contributed by atoms with van der Waals surface area (Å²) in [6.45, 7) is 8.25. The molecule has 1 aromatic rings. The summed E-state index contributed by atoms with van der Waals surface area (Å²) < 4.78 is 0. The van der Waals surface area contributed by atoms with Crippen LogP contribution in [0.4, 0.5) is 5.69 Å². The normalized spacial score (nSPS) is 24.7. The molecule has 3 nitrogen and oxygen atoms in total. The summed E-state index contributed by atoms with van der Waals surface area (Å²) in [5.74, 6) is 0.624. The molecule has 2 N–H and O–H groups in total. The van der Waals surface area contributed by atoms with Crippen LogP contribution in [0.2, 0.25) is 0 Å². The molecule has 0 aromatic heterocycles. The number of hydrogen-bond acceptors (Lipinski definition) is 3. The van der Waals surface area contributed by atoms with Crippen LogP contribution in [-0.2, 0) is 6.42 Å². The molecule has 2 aliphatic heterocycles. The Morgan fingerprint density at radius 3 is 2.19 bits per heavy atom. The van der Waals surface area contributed by atoms with Crippen LogP contribution in [-0.4, -0.2) is 43.7 Å². The van der Waals surface area contributed by atoms with E-state index < -0.39 is 0 Å². The molecule has 3 aliphatic rings. The molecule has 1 saturated carbocycles. The molecule has 1 aromatic carbocycles. The molecule has 0 radical (unpaired) electrons. The molecule has 3 fully saturated rings. The molecule has 1 spiro atoms. The summed E-state index contributed by atoms with van der Waals surface area (Å²) in [6, 6.07) is 10.3. The van der Waals surface area contributed by atoms with E-state index in [1.807, 2.05) is 0 Å². The summed E-state index contributed by atoms with van der Waals surface area (Å²) in [4.78, 5) is 5.42. The lowest BCUT2D eigenvalue weighted by molar-refractivity contribution is 0.0306. The van der Waals surface area contributed by atoms with Crippen LogP contribution < -0.4 is 10.6 Å². The molecule has 2 saturated heterocycles. The highest BCUT2D eigenvalue weighted by atomic mass is 15.2. The van der Waals surface area contributed by atoms with Crippen LogP contribution in [0.5, 0.6) is 0 Å². The van der Waals surface area contributed by atoms with Gasteiger partial charge in [0.15, 0.2) is 0 Å². The summed E-state index contributed by atoms with van der Waals surface area (Å²) in [7, 11) is 0. The summed E-state index contributed by atoms with van der Waals surface area (Å²) in [5.41, 5.74) is 9.27. The van der Waals surface area contributed by atoms with Crippen molar-refractivity contribution in [1.29, 1.82) is 0 Å². The van der Waals surface area contributed by atoms with Gasteiger partial charge in [-0.05, 0) is 100 Å². The van der Waals surface area contributed by atoms with Crippen LogP contribution in [0, 0.1) is 11.3 Å². The highest BCUT2D eigenvalue weighted by Crippen LogP contribution is 2.43. The van der Waals surface area contributed by atoms with Crippen molar-refractivity contribution < 1.29 is 0 Å². The number of piperidine rings is 2. The van der Waals surface area contributed by atoms with Crippen molar-refractivity contribution in [1.82, 2.24) is 4.90 Å². The second-order valence-electron chi connectivity index (χ2n) is 9.65. The van der Waals surface area contributed by atoms with Gasteiger partial charge in [-0.25, -0.2) is 0 Å². The van der Waals surface area contributed by atoms with Gasteiger partial charge < -0.3 is 15.5 Å². The maximum absolute atomic E-state index is 5.74. The van der Waals surface area contributed by atoms with Crippen molar-refractivity contribution in [3.8, 4) is 0 Å². The van der Waals surface area contributed by atoms with E-state index in [4.69, 9.17) is 5.73 Å². The fourth-order valence-corrected chi connectivity index (χ4v) is 5.26. The maximum Gasteiger partial charge on any atom is 0.0366 e. The molecule has 1 atom stereocenters. The van der Waals surface area contributed by atoms with E-state index in [1.165, 1.54) is 88.8 Å². The Morgan fingerprint density at radius 2 is 1.63 bits per heavy atom. The number of benzene rings is 1. The number of nitrogens with zero attached hydrogens (tertiary/aromatic N) is 2. The Balaban J connectivity index is 1.25. The lowest BCUT2D eigenvalue weighted by Crippen LogP contribution is -2.50. The van der Waals surface area contributed by atoms with Crippen LogP contribution in [0.3, 0.4) is 0 Å². The average molecular weight is 370 g/mol. The zero-order valence-corrected chi connectivity index (χ0v) is 17.3. The molecular weight excluding hydrogens is 330 g/mol. The summed E-state index contributed by atoms with van der Waals surface area (Å²) in [6.07, 6.45) is 12.4. The standard InChI is InChI=1S/C24H39N3/c1-20(19-25)5-6-21-7-9-23(10-8-21)27-17-13-24(14-18-27)11-15-26(16-12-24)22-3-2-4-22/h7-10,20,22H,2-6,11-19,25H2,1H3. The van der Waals surface area contributed by atoms with E-state index in [0.717, 1.165) is 19.0 Å². The molecule has 1 aliphatic carbocycles. The Hall–Kier alpha value is -1.06. The zero-order valence-electron chi connectivity index (χ0n) is 17.3. The van der Waals surface area contributed by atoms with Gasteiger partial charge in [0.1, 0.15) is 0 Å². The van der Waals surface area contributed by atoms with Gasteiger partial charge in [0.25, 0.3) is 0 Å². The Labute approximate surface area is 166 Å². The smallest absolute Gasteiger partial charge is 0.0366 e. The molecule has 27 heavy (non-hydrogen) atoms. The quantitative estimate of drug-likeness (QED) is 0.804. The fourth-order valence-electron chi connectivity index (χ4n) is 5.26. The molecule has 0 bridgehead atoms. The van der Waals surface area contributed by atoms with Gasteiger partial charge in [0.05, 0.1) is 0 Å².